The van der Waals surface area contributed by atoms with E-state index in [1.807, 2.05) is 0 Å². The molecule has 0 aliphatic rings. The first-order chi connectivity index (χ1) is 8.21. The van der Waals surface area contributed by atoms with Crippen LogP contribution in [0, 0.1) is 11.3 Å². The second-order valence-electron chi connectivity index (χ2n) is 5.68. The van der Waals surface area contributed by atoms with Gasteiger partial charge in [0.1, 0.15) is 0 Å². The Morgan fingerprint density at radius 3 is 2.39 bits per heavy atom. The number of nitrogens with one attached hydrogen (secondary N) is 1. The summed E-state index contributed by atoms with van der Waals surface area (Å²) in [5, 5.41) is 21.3. The number of phenols is 2. The predicted molar refractivity (Wildman–Crippen MR) is 70.7 cm³/mol. The van der Waals surface area contributed by atoms with E-state index in [0.29, 0.717) is 18.0 Å². The first kappa shape index (κ1) is 14.4. The van der Waals surface area contributed by atoms with Gasteiger partial charge in [0.25, 0.3) is 5.91 Å². The monoisotopic (exact) mass is 251 g/mol. The molecule has 0 spiro atoms. The van der Waals surface area contributed by atoms with E-state index in [1.54, 1.807) is 0 Å². The van der Waals surface area contributed by atoms with Crippen LogP contribution in [0.25, 0.3) is 0 Å². The molecule has 100 valence electrons. The van der Waals surface area contributed by atoms with E-state index in [-0.39, 0.29) is 22.8 Å². The van der Waals surface area contributed by atoms with E-state index >= 15 is 0 Å². The summed E-state index contributed by atoms with van der Waals surface area (Å²) in [5.41, 5.74) is 0.469. The molecule has 0 fully saturated rings. The molecule has 0 saturated carbocycles. The average molecular weight is 251 g/mol. The zero-order chi connectivity index (χ0) is 13.9. The van der Waals surface area contributed by atoms with Gasteiger partial charge in [-0.2, -0.15) is 0 Å². The van der Waals surface area contributed by atoms with Gasteiger partial charge in [-0.25, -0.2) is 0 Å². The maximum atomic E-state index is 11.8. The number of benzene rings is 1. The Morgan fingerprint density at radius 2 is 1.89 bits per heavy atom. The van der Waals surface area contributed by atoms with Crippen molar-refractivity contribution in [1.29, 1.82) is 0 Å². The zero-order valence-corrected chi connectivity index (χ0v) is 11.3. The van der Waals surface area contributed by atoms with Gasteiger partial charge in [-0.05, 0) is 29.5 Å². The van der Waals surface area contributed by atoms with Crippen molar-refractivity contribution >= 4 is 5.91 Å². The van der Waals surface area contributed by atoms with E-state index in [4.69, 9.17) is 5.11 Å². The summed E-state index contributed by atoms with van der Waals surface area (Å²) in [6, 6.07) is 4.04. The highest BCUT2D eigenvalue weighted by Crippen LogP contribution is 2.26. The average Bonchev–Trinajstić information content (AvgIpc) is 2.27. The van der Waals surface area contributed by atoms with Gasteiger partial charge in [0.05, 0.1) is 0 Å². The van der Waals surface area contributed by atoms with E-state index in [1.165, 1.54) is 18.2 Å². The third-order valence-corrected chi connectivity index (χ3v) is 3.28. The first-order valence-corrected chi connectivity index (χ1v) is 6.02. The molecule has 1 aromatic rings. The maximum absolute atomic E-state index is 11.8. The topological polar surface area (TPSA) is 69.6 Å². The molecular formula is C14H21NO3. The van der Waals surface area contributed by atoms with Gasteiger partial charge in [0, 0.05) is 12.1 Å². The Balaban J connectivity index is 2.63. The smallest absolute Gasteiger partial charge is 0.251 e. The molecule has 0 heterocycles. The van der Waals surface area contributed by atoms with Crippen molar-refractivity contribution in [2.75, 3.05) is 6.54 Å². The summed E-state index contributed by atoms with van der Waals surface area (Å²) in [5.74, 6) is -0.422. The van der Waals surface area contributed by atoms with Crippen molar-refractivity contribution in [3.63, 3.8) is 0 Å². The van der Waals surface area contributed by atoms with Gasteiger partial charge in [-0.15, -0.1) is 0 Å². The van der Waals surface area contributed by atoms with Crippen molar-refractivity contribution in [2.24, 2.45) is 11.3 Å². The Bertz CT molecular complexity index is 435. The number of rotatable bonds is 3. The molecule has 0 aromatic heterocycles. The highest BCUT2D eigenvalue weighted by atomic mass is 16.3. The molecule has 0 aliphatic heterocycles. The largest absolute Gasteiger partial charge is 0.504 e. The molecule has 1 aromatic carbocycles. The van der Waals surface area contributed by atoms with E-state index in [9.17, 15) is 9.90 Å². The minimum atomic E-state index is -0.286. The number of aromatic hydroxyl groups is 2. The maximum Gasteiger partial charge on any atom is 0.251 e. The van der Waals surface area contributed by atoms with Gasteiger partial charge < -0.3 is 15.5 Å². The molecule has 0 saturated heterocycles. The highest BCUT2D eigenvalue weighted by molar-refractivity contribution is 5.94. The van der Waals surface area contributed by atoms with Crippen molar-refractivity contribution < 1.29 is 15.0 Å². The second kappa shape index (κ2) is 5.29. The lowest BCUT2D eigenvalue weighted by Gasteiger charge is -2.27. The molecule has 0 bridgehead atoms. The molecule has 4 heteroatoms. The first-order valence-electron chi connectivity index (χ1n) is 6.02. The van der Waals surface area contributed by atoms with Gasteiger partial charge >= 0.3 is 0 Å². The number of hydrogen-bond donors (Lipinski definition) is 3. The van der Waals surface area contributed by atoms with Crippen molar-refractivity contribution in [2.45, 2.75) is 27.7 Å². The molecule has 4 nitrogen and oxygen atoms in total. The third-order valence-electron chi connectivity index (χ3n) is 3.28. The quantitative estimate of drug-likeness (QED) is 0.723. The van der Waals surface area contributed by atoms with Crippen LogP contribution in [0.5, 0.6) is 11.5 Å². The number of phenolic OH excluding ortho intramolecular Hbond substituents is 2. The lowest BCUT2D eigenvalue weighted by molar-refractivity contribution is 0.0936. The van der Waals surface area contributed by atoms with Crippen LogP contribution in [0.2, 0.25) is 0 Å². The molecular weight excluding hydrogens is 230 g/mol. The minimum absolute atomic E-state index is 0.129. The van der Waals surface area contributed by atoms with Crippen molar-refractivity contribution in [1.82, 2.24) is 5.32 Å². The Labute approximate surface area is 108 Å². The Morgan fingerprint density at radius 1 is 1.28 bits per heavy atom. The molecule has 1 amide bonds. The van der Waals surface area contributed by atoms with Crippen LogP contribution < -0.4 is 5.32 Å². The second-order valence-corrected chi connectivity index (χ2v) is 5.68. The summed E-state index contributed by atoms with van der Waals surface area (Å²) in [4.78, 5) is 11.8. The van der Waals surface area contributed by atoms with Gasteiger partial charge in [0.2, 0.25) is 0 Å². The summed E-state index contributed by atoms with van der Waals surface area (Å²) in [6.07, 6.45) is 0. The standard InChI is InChI=1S/C14H21NO3/c1-9(14(2,3)4)8-15-13(18)10-5-6-11(16)12(17)7-10/h5-7,9,16-17H,8H2,1-4H3,(H,15,18). The number of carbonyl (C=O) groups is 1. The van der Waals surface area contributed by atoms with Crippen LogP contribution >= 0.6 is 0 Å². The zero-order valence-electron chi connectivity index (χ0n) is 11.3. The molecule has 0 radical (unpaired) electrons. The van der Waals surface area contributed by atoms with Crippen LogP contribution in [0.1, 0.15) is 38.1 Å². The Kier molecular flexibility index (Phi) is 4.22. The normalized spacial score (nSPS) is 13.1. The van der Waals surface area contributed by atoms with Crippen molar-refractivity contribution in [3.8, 4) is 11.5 Å². The molecule has 1 atom stereocenters. The minimum Gasteiger partial charge on any atom is -0.504 e. The summed E-state index contributed by atoms with van der Waals surface area (Å²) in [6.45, 7) is 9.02. The van der Waals surface area contributed by atoms with Gasteiger partial charge in [0.15, 0.2) is 11.5 Å². The summed E-state index contributed by atoms with van der Waals surface area (Å²) in [7, 11) is 0. The third kappa shape index (κ3) is 3.65. The van der Waals surface area contributed by atoms with Gasteiger partial charge in [-0.3, -0.25) is 4.79 Å². The fourth-order valence-corrected chi connectivity index (χ4v) is 1.32. The number of amides is 1. The Hall–Kier alpha value is -1.71. The predicted octanol–water partition coefficient (Wildman–Crippen LogP) is 2.51. The SMILES string of the molecule is CC(CNC(=O)c1ccc(O)c(O)c1)C(C)(C)C. The van der Waals surface area contributed by atoms with Crippen LogP contribution in [-0.4, -0.2) is 22.7 Å². The van der Waals surface area contributed by atoms with Crippen LogP contribution in [0.4, 0.5) is 0 Å². The van der Waals surface area contributed by atoms with Crippen LogP contribution in [0.15, 0.2) is 18.2 Å². The highest BCUT2D eigenvalue weighted by Gasteiger charge is 2.20. The van der Waals surface area contributed by atoms with E-state index in [2.05, 4.69) is 33.0 Å². The fraction of sp³-hybridized carbons (Fsp3) is 0.500. The summed E-state index contributed by atoms with van der Waals surface area (Å²) < 4.78 is 0. The molecule has 1 unspecified atom stereocenters. The van der Waals surface area contributed by atoms with Crippen LogP contribution in [0.3, 0.4) is 0 Å². The molecule has 18 heavy (non-hydrogen) atoms. The molecule has 0 aliphatic carbocycles. The number of carbonyl (C=O) groups excluding carboxylic acids is 1. The number of hydrogen-bond acceptors (Lipinski definition) is 3. The van der Waals surface area contributed by atoms with E-state index in [0.717, 1.165) is 0 Å². The van der Waals surface area contributed by atoms with E-state index < -0.39 is 0 Å². The molecule has 1 rings (SSSR count). The summed E-state index contributed by atoms with van der Waals surface area (Å²) >= 11 is 0. The fourth-order valence-electron chi connectivity index (χ4n) is 1.32. The van der Waals surface area contributed by atoms with Crippen LogP contribution in [-0.2, 0) is 0 Å². The molecule has 3 N–H and O–H groups in total. The lowest BCUT2D eigenvalue weighted by Crippen LogP contribution is -2.33. The lowest BCUT2D eigenvalue weighted by atomic mass is 9.82. The van der Waals surface area contributed by atoms with Crippen molar-refractivity contribution in [3.05, 3.63) is 23.8 Å². The van der Waals surface area contributed by atoms with Gasteiger partial charge in [-0.1, -0.05) is 27.7 Å².